The van der Waals surface area contributed by atoms with Crippen LogP contribution in [0.2, 0.25) is 0 Å². The van der Waals surface area contributed by atoms with E-state index in [1.54, 1.807) is 22.9 Å². The molecule has 4 heteroatoms. The second kappa shape index (κ2) is 4.59. The molecule has 0 amide bonds. The lowest BCUT2D eigenvalue weighted by Crippen LogP contribution is -2.45. The standard InChI is InChI=1S/C11H16N2O2/c14-10-7-9(8-10)12-4-6-13-5-2-1-3-11(13)15/h1-3,5,9-10,12,14H,4,6-8H2. The number of aliphatic hydroxyl groups excluding tert-OH is 1. The van der Waals surface area contributed by atoms with Gasteiger partial charge in [0.25, 0.3) is 5.56 Å². The van der Waals surface area contributed by atoms with Crippen molar-refractivity contribution in [2.24, 2.45) is 0 Å². The summed E-state index contributed by atoms with van der Waals surface area (Å²) in [5, 5.41) is 12.4. The summed E-state index contributed by atoms with van der Waals surface area (Å²) in [5.74, 6) is 0. The summed E-state index contributed by atoms with van der Waals surface area (Å²) in [4.78, 5) is 11.3. The van der Waals surface area contributed by atoms with Crippen LogP contribution in [-0.4, -0.2) is 28.4 Å². The molecule has 15 heavy (non-hydrogen) atoms. The predicted molar refractivity (Wildman–Crippen MR) is 57.7 cm³/mol. The average molecular weight is 208 g/mol. The maximum atomic E-state index is 11.3. The van der Waals surface area contributed by atoms with Gasteiger partial charge in [-0.3, -0.25) is 4.79 Å². The quantitative estimate of drug-likeness (QED) is 0.730. The highest BCUT2D eigenvalue weighted by atomic mass is 16.3. The smallest absolute Gasteiger partial charge is 0.250 e. The molecule has 1 aliphatic rings. The maximum Gasteiger partial charge on any atom is 0.250 e. The summed E-state index contributed by atoms with van der Waals surface area (Å²) < 4.78 is 1.68. The molecule has 0 spiro atoms. The van der Waals surface area contributed by atoms with Gasteiger partial charge in [-0.25, -0.2) is 0 Å². The molecule has 1 aromatic heterocycles. The SMILES string of the molecule is O=c1ccccn1CCNC1CC(O)C1. The molecule has 2 rings (SSSR count). The molecule has 1 heterocycles. The minimum absolute atomic E-state index is 0.0351. The first kappa shape index (κ1) is 10.4. The predicted octanol–water partition coefficient (Wildman–Crippen LogP) is -0.0388. The van der Waals surface area contributed by atoms with Crippen LogP contribution < -0.4 is 10.9 Å². The molecule has 0 atom stereocenters. The Bertz CT molecular complexity index is 369. The lowest BCUT2D eigenvalue weighted by molar-refractivity contribution is 0.0624. The molecule has 0 bridgehead atoms. The molecule has 0 radical (unpaired) electrons. The first-order chi connectivity index (χ1) is 7.25. The number of nitrogens with one attached hydrogen (secondary N) is 1. The fraction of sp³-hybridized carbons (Fsp3) is 0.545. The minimum atomic E-state index is -0.123. The Kier molecular flexibility index (Phi) is 3.18. The normalized spacial score (nSPS) is 24.9. The second-order valence-corrected chi connectivity index (χ2v) is 4.01. The number of aromatic nitrogens is 1. The Morgan fingerprint density at radius 3 is 2.93 bits per heavy atom. The van der Waals surface area contributed by atoms with Crippen LogP contribution in [0.5, 0.6) is 0 Å². The van der Waals surface area contributed by atoms with E-state index in [0.717, 1.165) is 19.4 Å². The topological polar surface area (TPSA) is 54.3 Å². The zero-order chi connectivity index (χ0) is 10.7. The fourth-order valence-electron chi connectivity index (χ4n) is 1.79. The van der Waals surface area contributed by atoms with Crippen LogP contribution in [0.1, 0.15) is 12.8 Å². The summed E-state index contributed by atoms with van der Waals surface area (Å²) in [6.07, 6.45) is 3.34. The van der Waals surface area contributed by atoms with Crippen molar-refractivity contribution in [3.8, 4) is 0 Å². The minimum Gasteiger partial charge on any atom is -0.393 e. The van der Waals surface area contributed by atoms with Crippen LogP contribution in [0.4, 0.5) is 0 Å². The Morgan fingerprint density at radius 1 is 1.47 bits per heavy atom. The van der Waals surface area contributed by atoms with E-state index in [9.17, 15) is 4.79 Å². The van der Waals surface area contributed by atoms with Gasteiger partial charge in [0.15, 0.2) is 0 Å². The Hall–Kier alpha value is -1.13. The van der Waals surface area contributed by atoms with Crippen LogP contribution in [0.25, 0.3) is 0 Å². The third-order valence-corrected chi connectivity index (χ3v) is 2.80. The molecule has 1 aromatic rings. The van der Waals surface area contributed by atoms with Gasteiger partial charge in [-0.15, -0.1) is 0 Å². The van der Waals surface area contributed by atoms with E-state index in [1.165, 1.54) is 0 Å². The summed E-state index contributed by atoms with van der Waals surface area (Å²) in [6, 6.07) is 5.59. The molecular weight excluding hydrogens is 192 g/mol. The van der Waals surface area contributed by atoms with Gasteiger partial charge in [0.2, 0.25) is 0 Å². The molecule has 2 N–H and O–H groups in total. The number of hydrogen-bond donors (Lipinski definition) is 2. The van der Waals surface area contributed by atoms with Crippen molar-refractivity contribution in [3.63, 3.8) is 0 Å². The van der Waals surface area contributed by atoms with Gasteiger partial charge in [0.05, 0.1) is 6.10 Å². The Balaban J connectivity index is 1.74. The van der Waals surface area contributed by atoms with E-state index < -0.39 is 0 Å². The van der Waals surface area contributed by atoms with Gasteiger partial charge in [0.1, 0.15) is 0 Å². The van der Waals surface area contributed by atoms with Gasteiger partial charge in [-0.1, -0.05) is 6.07 Å². The lowest BCUT2D eigenvalue weighted by Gasteiger charge is -2.32. The molecule has 1 aliphatic carbocycles. The van der Waals surface area contributed by atoms with Gasteiger partial charge in [0, 0.05) is 31.4 Å². The van der Waals surface area contributed by atoms with Crippen LogP contribution in [0.3, 0.4) is 0 Å². The molecular formula is C11H16N2O2. The molecule has 82 valence electrons. The molecule has 0 aromatic carbocycles. The van der Waals surface area contributed by atoms with Crippen LogP contribution in [-0.2, 0) is 6.54 Å². The van der Waals surface area contributed by atoms with Gasteiger partial charge in [-0.05, 0) is 18.9 Å². The highest BCUT2D eigenvalue weighted by molar-refractivity contribution is 4.93. The monoisotopic (exact) mass is 208 g/mol. The van der Waals surface area contributed by atoms with Crippen molar-refractivity contribution < 1.29 is 5.11 Å². The number of aliphatic hydroxyl groups is 1. The lowest BCUT2D eigenvalue weighted by atomic mass is 9.90. The molecule has 0 aliphatic heterocycles. The number of nitrogens with zero attached hydrogens (tertiary/aromatic N) is 1. The number of pyridine rings is 1. The van der Waals surface area contributed by atoms with Crippen molar-refractivity contribution in [1.82, 2.24) is 9.88 Å². The third kappa shape index (κ3) is 2.67. The van der Waals surface area contributed by atoms with E-state index in [-0.39, 0.29) is 11.7 Å². The maximum absolute atomic E-state index is 11.3. The van der Waals surface area contributed by atoms with Gasteiger partial charge < -0.3 is 15.0 Å². The van der Waals surface area contributed by atoms with Crippen molar-refractivity contribution in [2.45, 2.75) is 31.5 Å². The van der Waals surface area contributed by atoms with E-state index in [4.69, 9.17) is 5.11 Å². The zero-order valence-electron chi connectivity index (χ0n) is 8.60. The molecule has 0 unspecified atom stereocenters. The number of hydrogen-bond acceptors (Lipinski definition) is 3. The summed E-state index contributed by atoms with van der Waals surface area (Å²) in [7, 11) is 0. The summed E-state index contributed by atoms with van der Waals surface area (Å²) >= 11 is 0. The van der Waals surface area contributed by atoms with Crippen LogP contribution >= 0.6 is 0 Å². The van der Waals surface area contributed by atoms with Crippen molar-refractivity contribution >= 4 is 0 Å². The fourth-order valence-corrected chi connectivity index (χ4v) is 1.79. The highest BCUT2D eigenvalue weighted by Gasteiger charge is 2.25. The molecule has 1 saturated carbocycles. The zero-order valence-corrected chi connectivity index (χ0v) is 8.60. The van der Waals surface area contributed by atoms with E-state index in [0.29, 0.717) is 12.6 Å². The second-order valence-electron chi connectivity index (χ2n) is 4.01. The first-order valence-corrected chi connectivity index (χ1v) is 5.32. The van der Waals surface area contributed by atoms with Crippen LogP contribution in [0, 0.1) is 0 Å². The first-order valence-electron chi connectivity index (χ1n) is 5.32. The summed E-state index contributed by atoms with van der Waals surface area (Å²) in [6.45, 7) is 1.47. The largest absolute Gasteiger partial charge is 0.393 e. The Labute approximate surface area is 88.6 Å². The van der Waals surface area contributed by atoms with Crippen molar-refractivity contribution in [2.75, 3.05) is 6.54 Å². The molecule has 1 fully saturated rings. The van der Waals surface area contributed by atoms with E-state index in [2.05, 4.69) is 5.32 Å². The molecule has 0 saturated heterocycles. The average Bonchev–Trinajstić information content (AvgIpc) is 2.18. The molecule has 4 nitrogen and oxygen atoms in total. The van der Waals surface area contributed by atoms with Crippen molar-refractivity contribution in [1.29, 1.82) is 0 Å². The third-order valence-electron chi connectivity index (χ3n) is 2.80. The van der Waals surface area contributed by atoms with Gasteiger partial charge >= 0.3 is 0 Å². The Morgan fingerprint density at radius 2 is 2.27 bits per heavy atom. The highest BCUT2D eigenvalue weighted by Crippen LogP contribution is 2.18. The van der Waals surface area contributed by atoms with E-state index >= 15 is 0 Å². The van der Waals surface area contributed by atoms with Gasteiger partial charge in [-0.2, -0.15) is 0 Å². The van der Waals surface area contributed by atoms with E-state index in [1.807, 2.05) is 6.07 Å². The summed E-state index contributed by atoms with van der Waals surface area (Å²) in [5.41, 5.74) is 0.0351. The van der Waals surface area contributed by atoms with Crippen LogP contribution in [0.15, 0.2) is 29.2 Å². The van der Waals surface area contributed by atoms with Crippen molar-refractivity contribution in [3.05, 3.63) is 34.7 Å². The number of rotatable bonds is 4.